The van der Waals surface area contributed by atoms with Crippen LogP contribution in [-0.4, -0.2) is 53.9 Å². The molecule has 2 aliphatic rings. The number of morpholine rings is 1. The zero-order valence-corrected chi connectivity index (χ0v) is 12.9. The number of nitrogens with one attached hydrogen (secondary N) is 1. The molecule has 2 aromatic rings. The predicted octanol–water partition coefficient (Wildman–Crippen LogP) is 1.42. The van der Waals surface area contributed by atoms with E-state index in [0.717, 1.165) is 11.4 Å². The van der Waals surface area contributed by atoms with Gasteiger partial charge in [0.25, 0.3) is 5.91 Å². The van der Waals surface area contributed by atoms with Crippen LogP contribution in [0.3, 0.4) is 0 Å². The number of hydrogen-bond acceptors (Lipinski definition) is 7. The molecular weight excluding hydrogens is 312 g/mol. The molecule has 4 rings (SSSR count). The zero-order valence-electron chi connectivity index (χ0n) is 12.9. The van der Waals surface area contributed by atoms with E-state index in [1.807, 2.05) is 18.2 Å². The summed E-state index contributed by atoms with van der Waals surface area (Å²) in [6.45, 7) is 2.51. The molecule has 1 aromatic heterocycles. The molecule has 1 aromatic carbocycles. The highest BCUT2D eigenvalue weighted by molar-refractivity contribution is 5.92. The molecule has 0 unspecified atom stereocenters. The number of carbonyl (C=O) groups is 1. The number of hydrogen-bond donors (Lipinski definition) is 1. The fourth-order valence-corrected chi connectivity index (χ4v) is 2.55. The molecule has 0 bridgehead atoms. The number of anilines is 2. The normalized spacial score (nSPS) is 16.1. The van der Waals surface area contributed by atoms with Crippen molar-refractivity contribution in [1.82, 2.24) is 14.9 Å². The Morgan fingerprint density at radius 3 is 2.71 bits per heavy atom. The highest BCUT2D eigenvalue weighted by Gasteiger charge is 2.20. The number of rotatable bonds is 3. The molecule has 0 atom stereocenters. The van der Waals surface area contributed by atoms with Gasteiger partial charge in [0.1, 0.15) is 11.5 Å². The van der Waals surface area contributed by atoms with E-state index in [1.165, 1.54) is 12.4 Å². The third-order valence-corrected chi connectivity index (χ3v) is 3.81. The minimum absolute atomic E-state index is 0.125. The van der Waals surface area contributed by atoms with Crippen molar-refractivity contribution in [2.45, 2.75) is 0 Å². The second-order valence-electron chi connectivity index (χ2n) is 5.38. The molecule has 24 heavy (non-hydrogen) atoms. The molecule has 1 fully saturated rings. The first-order valence-corrected chi connectivity index (χ1v) is 7.65. The first kappa shape index (κ1) is 14.7. The lowest BCUT2D eigenvalue weighted by molar-refractivity contribution is 0.0298. The molecule has 0 spiro atoms. The molecule has 8 heteroatoms. The Hall–Kier alpha value is -2.87. The minimum atomic E-state index is -0.125. The quantitative estimate of drug-likeness (QED) is 0.912. The van der Waals surface area contributed by atoms with Gasteiger partial charge in [-0.25, -0.2) is 9.97 Å². The van der Waals surface area contributed by atoms with Crippen molar-refractivity contribution in [2.24, 2.45) is 0 Å². The standard InChI is InChI=1S/C16H16N4O4/c21-16(20-3-5-22-6-4-20)12-8-18-15(9-17-12)19-11-1-2-13-14(7-11)24-10-23-13/h1-2,7-9H,3-6,10H2,(H,18,19). The second-order valence-corrected chi connectivity index (χ2v) is 5.38. The summed E-state index contributed by atoms with van der Waals surface area (Å²) in [6.07, 6.45) is 3.02. The number of nitrogens with zero attached hydrogens (tertiary/aromatic N) is 3. The van der Waals surface area contributed by atoms with Crippen LogP contribution in [0.1, 0.15) is 10.5 Å². The van der Waals surface area contributed by atoms with Crippen LogP contribution in [0.25, 0.3) is 0 Å². The van der Waals surface area contributed by atoms with Crippen molar-refractivity contribution in [1.29, 1.82) is 0 Å². The summed E-state index contributed by atoms with van der Waals surface area (Å²) in [5, 5.41) is 3.13. The predicted molar refractivity (Wildman–Crippen MR) is 84.6 cm³/mol. The summed E-state index contributed by atoms with van der Waals surface area (Å²) in [5.41, 5.74) is 1.13. The van der Waals surface area contributed by atoms with Gasteiger partial charge in [0.05, 0.1) is 25.6 Å². The molecule has 0 saturated carbocycles. The Bertz CT molecular complexity index is 744. The van der Waals surface area contributed by atoms with E-state index in [1.54, 1.807) is 4.90 Å². The van der Waals surface area contributed by atoms with Gasteiger partial charge < -0.3 is 24.4 Å². The van der Waals surface area contributed by atoms with Crippen molar-refractivity contribution < 1.29 is 19.0 Å². The van der Waals surface area contributed by atoms with Crippen molar-refractivity contribution in [3.05, 3.63) is 36.3 Å². The third kappa shape index (κ3) is 2.95. The largest absolute Gasteiger partial charge is 0.454 e. The lowest BCUT2D eigenvalue weighted by atomic mass is 10.3. The first-order chi connectivity index (χ1) is 11.8. The topological polar surface area (TPSA) is 85.8 Å². The van der Waals surface area contributed by atoms with E-state index in [9.17, 15) is 4.79 Å². The van der Waals surface area contributed by atoms with E-state index in [2.05, 4.69) is 15.3 Å². The number of ether oxygens (including phenoxy) is 3. The van der Waals surface area contributed by atoms with Gasteiger partial charge in [0, 0.05) is 24.8 Å². The lowest BCUT2D eigenvalue weighted by Gasteiger charge is -2.26. The van der Waals surface area contributed by atoms with Gasteiger partial charge in [-0.3, -0.25) is 4.79 Å². The van der Waals surface area contributed by atoms with Crippen LogP contribution in [0, 0.1) is 0 Å². The Morgan fingerprint density at radius 2 is 1.92 bits per heavy atom. The average molecular weight is 328 g/mol. The van der Waals surface area contributed by atoms with Crippen molar-refractivity contribution in [3.8, 4) is 11.5 Å². The van der Waals surface area contributed by atoms with E-state index < -0.39 is 0 Å². The van der Waals surface area contributed by atoms with E-state index in [0.29, 0.717) is 43.6 Å². The van der Waals surface area contributed by atoms with Crippen LogP contribution in [0.5, 0.6) is 11.5 Å². The van der Waals surface area contributed by atoms with Gasteiger partial charge in [0.15, 0.2) is 11.5 Å². The van der Waals surface area contributed by atoms with Crippen LogP contribution >= 0.6 is 0 Å². The van der Waals surface area contributed by atoms with Gasteiger partial charge in [-0.15, -0.1) is 0 Å². The summed E-state index contributed by atoms with van der Waals surface area (Å²) in [5.74, 6) is 1.83. The van der Waals surface area contributed by atoms with Crippen molar-refractivity contribution in [3.63, 3.8) is 0 Å². The molecule has 2 aliphatic heterocycles. The van der Waals surface area contributed by atoms with E-state index in [4.69, 9.17) is 14.2 Å². The molecule has 0 aliphatic carbocycles. The summed E-state index contributed by atoms with van der Waals surface area (Å²) in [7, 11) is 0. The van der Waals surface area contributed by atoms with E-state index >= 15 is 0 Å². The molecule has 124 valence electrons. The first-order valence-electron chi connectivity index (χ1n) is 7.65. The minimum Gasteiger partial charge on any atom is -0.454 e. The Labute approximate surface area is 138 Å². The van der Waals surface area contributed by atoms with E-state index in [-0.39, 0.29) is 12.7 Å². The Balaban J connectivity index is 1.44. The Kier molecular flexibility index (Phi) is 3.87. The zero-order chi connectivity index (χ0) is 16.4. The monoisotopic (exact) mass is 328 g/mol. The van der Waals surface area contributed by atoms with Gasteiger partial charge in [-0.1, -0.05) is 0 Å². The number of carbonyl (C=O) groups excluding carboxylic acids is 1. The Morgan fingerprint density at radius 1 is 1.08 bits per heavy atom. The fraction of sp³-hybridized carbons (Fsp3) is 0.312. The average Bonchev–Trinajstić information content (AvgIpc) is 3.10. The van der Waals surface area contributed by atoms with Crippen molar-refractivity contribution in [2.75, 3.05) is 38.4 Å². The van der Waals surface area contributed by atoms with Crippen LogP contribution < -0.4 is 14.8 Å². The number of amides is 1. The maximum Gasteiger partial charge on any atom is 0.274 e. The van der Waals surface area contributed by atoms with Gasteiger partial charge >= 0.3 is 0 Å². The van der Waals surface area contributed by atoms with Crippen molar-refractivity contribution >= 4 is 17.4 Å². The molecule has 1 saturated heterocycles. The number of aromatic nitrogens is 2. The van der Waals surface area contributed by atoms with Gasteiger partial charge in [0.2, 0.25) is 6.79 Å². The van der Waals surface area contributed by atoms with Crippen LogP contribution in [0.2, 0.25) is 0 Å². The highest BCUT2D eigenvalue weighted by atomic mass is 16.7. The van der Waals surface area contributed by atoms with Crippen LogP contribution in [-0.2, 0) is 4.74 Å². The lowest BCUT2D eigenvalue weighted by Crippen LogP contribution is -2.41. The van der Waals surface area contributed by atoms with Crippen LogP contribution in [0.4, 0.5) is 11.5 Å². The SMILES string of the molecule is O=C(c1cnc(Nc2ccc3c(c2)OCO3)cn1)N1CCOCC1. The molecule has 1 amide bonds. The maximum absolute atomic E-state index is 12.3. The summed E-state index contributed by atoms with van der Waals surface area (Å²) < 4.78 is 15.9. The summed E-state index contributed by atoms with van der Waals surface area (Å²) in [4.78, 5) is 22.5. The van der Waals surface area contributed by atoms with Gasteiger partial charge in [-0.2, -0.15) is 0 Å². The molecular formula is C16H16N4O4. The second kappa shape index (κ2) is 6.32. The molecule has 0 radical (unpaired) electrons. The molecule has 1 N–H and O–H groups in total. The fourth-order valence-electron chi connectivity index (χ4n) is 2.55. The highest BCUT2D eigenvalue weighted by Crippen LogP contribution is 2.34. The number of benzene rings is 1. The van der Waals surface area contributed by atoms with Gasteiger partial charge in [-0.05, 0) is 12.1 Å². The molecule has 8 nitrogen and oxygen atoms in total. The summed E-state index contributed by atoms with van der Waals surface area (Å²) in [6, 6.07) is 5.52. The summed E-state index contributed by atoms with van der Waals surface area (Å²) >= 11 is 0. The molecule has 3 heterocycles. The van der Waals surface area contributed by atoms with Crippen LogP contribution in [0.15, 0.2) is 30.6 Å². The third-order valence-electron chi connectivity index (χ3n) is 3.81. The smallest absolute Gasteiger partial charge is 0.274 e. The number of fused-ring (bicyclic) bond motifs is 1. The maximum atomic E-state index is 12.3.